The molecule has 0 aromatic carbocycles. The van der Waals surface area contributed by atoms with Gasteiger partial charge in [-0.3, -0.25) is 0 Å². The van der Waals surface area contributed by atoms with E-state index < -0.39 is 0 Å². The van der Waals surface area contributed by atoms with Crippen LogP contribution in [0.25, 0.3) is 0 Å². The minimum Gasteiger partial charge on any atom is -0.329 e. The maximum absolute atomic E-state index is 5.45. The zero-order chi connectivity index (χ0) is 11.1. The summed E-state index contributed by atoms with van der Waals surface area (Å²) < 4.78 is 1.75. The minimum absolute atomic E-state index is 0.566. The van der Waals surface area contributed by atoms with Crippen LogP contribution in [0.4, 0.5) is 0 Å². The van der Waals surface area contributed by atoms with Gasteiger partial charge in [0.25, 0.3) is 0 Å². The smallest absolute Gasteiger partial charge is 0.209 e. The van der Waals surface area contributed by atoms with Crippen molar-refractivity contribution in [3.63, 3.8) is 0 Å². The molecular weight excluding hydrogens is 212 g/mol. The van der Waals surface area contributed by atoms with E-state index in [1.54, 1.807) is 16.4 Å². The van der Waals surface area contributed by atoms with E-state index in [0.717, 1.165) is 23.9 Å². The van der Waals surface area contributed by atoms with Gasteiger partial charge in [-0.2, -0.15) is 0 Å². The van der Waals surface area contributed by atoms with Crippen LogP contribution in [0.5, 0.6) is 0 Å². The van der Waals surface area contributed by atoms with E-state index in [0.29, 0.717) is 13.1 Å². The molecule has 0 fully saturated rings. The van der Waals surface area contributed by atoms with Crippen LogP contribution in [0.1, 0.15) is 6.42 Å². The molecule has 0 aliphatic carbocycles. The number of thioether (sulfide) groups is 1. The van der Waals surface area contributed by atoms with Crippen molar-refractivity contribution in [1.82, 2.24) is 25.1 Å². The van der Waals surface area contributed by atoms with E-state index >= 15 is 0 Å². The van der Waals surface area contributed by atoms with Crippen LogP contribution < -0.4 is 5.73 Å². The molecule has 1 aromatic rings. The zero-order valence-electron chi connectivity index (χ0n) is 9.26. The molecule has 1 aromatic heterocycles. The van der Waals surface area contributed by atoms with Gasteiger partial charge in [-0.25, -0.2) is 4.68 Å². The highest BCUT2D eigenvalue weighted by Gasteiger charge is 2.05. The topological polar surface area (TPSA) is 72.9 Å². The SMILES string of the molecule is CN(C)CCCSc1nnnn1CCN. The fraction of sp³-hybridized carbons (Fsp3) is 0.875. The lowest BCUT2D eigenvalue weighted by molar-refractivity contribution is 0.410. The molecule has 86 valence electrons. The maximum Gasteiger partial charge on any atom is 0.209 e. The van der Waals surface area contributed by atoms with Crippen LogP contribution in [0.15, 0.2) is 5.16 Å². The molecule has 1 rings (SSSR count). The van der Waals surface area contributed by atoms with Gasteiger partial charge < -0.3 is 10.6 Å². The molecule has 0 spiro atoms. The summed E-state index contributed by atoms with van der Waals surface area (Å²) in [4.78, 5) is 2.17. The second-order valence-electron chi connectivity index (χ2n) is 3.48. The standard InChI is InChI=1S/C8H18N6S/c1-13(2)5-3-7-15-8-10-11-12-14(8)6-4-9/h3-7,9H2,1-2H3. The second kappa shape index (κ2) is 6.76. The van der Waals surface area contributed by atoms with Crippen LogP contribution in [0.2, 0.25) is 0 Å². The summed E-state index contributed by atoms with van der Waals surface area (Å²) >= 11 is 1.68. The van der Waals surface area contributed by atoms with E-state index in [2.05, 4.69) is 34.5 Å². The number of hydrogen-bond acceptors (Lipinski definition) is 6. The first-order chi connectivity index (χ1) is 7.24. The molecule has 0 aliphatic rings. The van der Waals surface area contributed by atoms with Gasteiger partial charge in [-0.1, -0.05) is 11.8 Å². The predicted octanol–water partition coefficient (Wildman–Crippen LogP) is -0.324. The van der Waals surface area contributed by atoms with Crippen molar-refractivity contribution < 1.29 is 0 Å². The third-order valence-corrected chi connectivity index (χ3v) is 2.86. The third-order valence-electron chi connectivity index (χ3n) is 1.82. The summed E-state index contributed by atoms with van der Waals surface area (Å²) in [5, 5.41) is 12.3. The van der Waals surface area contributed by atoms with Gasteiger partial charge in [0, 0.05) is 12.3 Å². The minimum atomic E-state index is 0.566. The summed E-state index contributed by atoms with van der Waals surface area (Å²) in [6.45, 7) is 2.34. The quantitative estimate of drug-likeness (QED) is 0.511. The molecule has 0 saturated heterocycles. The Labute approximate surface area is 94.2 Å². The van der Waals surface area contributed by atoms with Crippen LogP contribution >= 0.6 is 11.8 Å². The summed E-state index contributed by atoms with van der Waals surface area (Å²) in [6.07, 6.45) is 1.13. The Morgan fingerprint density at radius 1 is 1.47 bits per heavy atom. The van der Waals surface area contributed by atoms with Crippen LogP contribution in [0, 0.1) is 0 Å². The third kappa shape index (κ3) is 4.59. The van der Waals surface area contributed by atoms with Crippen molar-refractivity contribution >= 4 is 11.8 Å². The van der Waals surface area contributed by atoms with E-state index in [4.69, 9.17) is 5.73 Å². The number of nitrogens with two attached hydrogens (primary N) is 1. The van der Waals surface area contributed by atoms with Gasteiger partial charge in [-0.15, -0.1) is 5.10 Å². The first-order valence-electron chi connectivity index (χ1n) is 4.98. The molecule has 0 bridgehead atoms. The largest absolute Gasteiger partial charge is 0.329 e. The summed E-state index contributed by atoms with van der Waals surface area (Å²) in [7, 11) is 4.15. The van der Waals surface area contributed by atoms with Gasteiger partial charge in [0.15, 0.2) is 0 Å². The number of tetrazole rings is 1. The molecule has 0 saturated carbocycles. The molecule has 0 amide bonds. The highest BCUT2D eigenvalue weighted by atomic mass is 32.2. The molecule has 0 radical (unpaired) electrons. The van der Waals surface area contributed by atoms with Crippen LogP contribution in [-0.2, 0) is 6.54 Å². The van der Waals surface area contributed by atoms with Gasteiger partial charge in [-0.05, 0) is 37.5 Å². The molecule has 1 heterocycles. The molecule has 2 N–H and O–H groups in total. The molecular formula is C8H18N6S. The Morgan fingerprint density at radius 2 is 2.27 bits per heavy atom. The Hall–Kier alpha value is -0.660. The van der Waals surface area contributed by atoms with Crippen molar-refractivity contribution in [2.24, 2.45) is 5.73 Å². The molecule has 6 nitrogen and oxygen atoms in total. The Bertz CT molecular complexity index is 274. The van der Waals surface area contributed by atoms with Gasteiger partial charge >= 0.3 is 0 Å². The lowest BCUT2D eigenvalue weighted by Crippen LogP contribution is -2.14. The Morgan fingerprint density at radius 3 is 2.93 bits per heavy atom. The second-order valence-corrected chi connectivity index (χ2v) is 4.54. The lowest BCUT2D eigenvalue weighted by atomic mass is 10.5. The summed E-state index contributed by atoms with van der Waals surface area (Å²) in [6, 6.07) is 0. The number of nitrogens with zero attached hydrogens (tertiary/aromatic N) is 5. The fourth-order valence-electron chi connectivity index (χ4n) is 1.11. The number of aromatic nitrogens is 4. The molecule has 0 unspecified atom stereocenters. The maximum atomic E-state index is 5.45. The van der Waals surface area contributed by atoms with Crippen molar-refractivity contribution in [1.29, 1.82) is 0 Å². The average molecular weight is 230 g/mol. The lowest BCUT2D eigenvalue weighted by Gasteiger charge is -2.08. The van der Waals surface area contributed by atoms with E-state index in [1.807, 2.05) is 0 Å². The van der Waals surface area contributed by atoms with Crippen molar-refractivity contribution in [2.45, 2.75) is 18.1 Å². The molecule has 7 heteroatoms. The average Bonchev–Trinajstić information content (AvgIpc) is 2.61. The highest BCUT2D eigenvalue weighted by molar-refractivity contribution is 7.99. The van der Waals surface area contributed by atoms with Gasteiger partial charge in [0.05, 0.1) is 6.54 Å². The normalized spacial score (nSPS) is 11.2. The van der Waals surface area contributed by atoms with Crippen molar-refractivity contribution in [3.8, 4) is 0 Å². The van der Waals surface area contributed by atoms with Crippen molar-refractivity contribution in [2.75, 3.05) is 32.9 Å². The first-order valence-corrected chi connectivity index (χ1v) is 5.96. The van der Waals surface area contributed by atoms with Crippen molar-refractivity contribution in [3.05, 3.63) is 0 Å². The summed E-state index contributed by atoms with van der Waals surface area (Å²) in [5.41, 5.74) is 5.45. The monoisotopic (exact) mass is 230 g/mol. The number of hydrogen-bond donors (Lipinski definition) is 1. The molecule has 0 aliphatic heterocycles. The van der Waals surface area contributed by atoms with E-state index in [1.165, 1.54) is 0 Å². The van der Waals surface area contributed by atoms with Crippen LogP contribution in [-0.4, -0.2) is 58.0 Å². The van der Waals surface area contributed by atoms with Gasteiger partial charge in [0.1, 0.15) is 0 Å². The van der Waals surface area contributed by atoms with E-state index in [-0.39, 0.29) is 0 Å². The zero-order valence-corrected chi connectivity index (χ0v) is 10.1. The molecule has 15 heavy (non-hydrogen) atoms. The number of rotatable bonds is 7. The fourth-order valence-corrected chi connectivity index (χ4v) is 1.93. The Balaban J connectivity index is 2.27. The first kappa shape index (κ1) is 12.4. The van der Waals surface area contributed by atoms with E-state index in [9.17, 15) is 0 Å². The summed E-state index contributed by atoms with van der Waals surface area (Å²) in [5.74, 6) is 1.03. The Kier molecular flexibility index (Phi) is 5.59. The predicted molar refractivity (Wildman–Crippen MR) is 60.8 cm³/mol. The van der Waals surface area contributed by atoms with Crippen LogP contribution in [0.3, 0.4) is 0 Å². The van der Waals surface area contributed by atoms with Gasteiger partial charge in [0.2, 0.25) is 5.16 Å². The molecule has 0 atom stereocenters. The highest BCUT2D eigenvalue weighted by Crippen LogP contribution is 2.14.